The zero-order valence-electron chi connectivity index (χ0n) is 11.7. The smallest absolute Gasteiger partial charge is 0.338 e. The Morgan fingerprint density at radius 3 is 3.10 bits per heavy atom. The van der Waals surface area contributed by atoms with E-state index in [4.69, 9.17) is 4.74 Å². The summed E-state index contributed by atoms with van der Waals surface area (Å²) in [5, 5.41) is 8.51. The molecule has 0 N–H and O–H groups in total. The third-order valence-electron chi connectivity index (χ3n) is 3.93. The zero-order valence-corrected chi connectivity index (χ0v) is 11.7. The van der Waals surface area contributed by atoms with Crippen LogP contribution in [-0.4, -0.2) is 45.7 Å². The van der Waals surface area contributed by atoms with Crippen molar-refractivity contribution in [1.29, 1.82) is 0 Å². The molecule has 1 aliphatic rings. The molecule has 1 atom stereocenters. The van der Waals surface area contributed by atoms with Crippen molar-refractivity contribution < 1.29 is 9.53 Å². The van der Waals surface area contributed by atoms with Crippen LogP contribution in [0.5, 0.6) is 0 Å². The summed E-state index contributed by atoms with van der Waals surface area (Å²) in [5.41, 5.74) is 1.18. The Morgan fingerprint density at radius 1 is 1.50 bits per heavy atom. The van der Waals surface area contributed by atoms with Crippen LogP contribution in [0.2, 0.25) is 0 Å². The molecule has 3 heterocycles. The third kappa shape index (κ3) is 2.06. The molecule has 0 spiro atoms. The maximum atomic E-state index is 11.5. The first-order valence-corrected chi connectivity index (χ1v) is 6.91. The van der Waals surface area contributed by atoms with Gasteiger partial charge in [-0.3, -0.25) is 9.30 Å². The number of rotatable bonds is 3. The van der Waals surface area contributed by atoms with Gasteiger partial charge in [-0.25, -0.2) is 4.79 Å². The van der Waals surface area contributed by atoms with Crippen LogP contribution < -0.4 is 0 Å². The number of ether oxygens (including phenoxy) is 1. The van der Waals surface area contributed by atoms with Crippen molar-refractivity contribution in [2.75, 3.05) is 20.2 Å². The van der Waals surface area contributed by atoms with Crippen LogP contribution in [0, 0.1) is 0 Å². The first-order chi connectivity index (χ1) is 9.74. The first kappa shape index (κ1) is 13.1. The lowest BCUT2D eigenvalue weighted by molar-refractivity contribution is 0.0600. The minimum Gasteiger partial charge on any atom is -0.465 e. The van der Waals surface area contributed by atoms with Gasteiger partial charge >= 0.3 is 5.97 Å². The number of hydrogen-bond donors (Lipinski definition) is 0. The molecule has 106 valence electrons. The molecule has 2 aromatic rings. The van der Waals surface area contributed by atoms with E-state index in [1.807, 2.05) is 10.6 Å². The van der Waals surface area contributed by atoms with E-state index in [0.29, 0.717) is 17.3 Å². The molecular formula is C14H18N4O2. The number of nitrogens with zero attached hydrogens (tertiary/aromatic N) is 4. The lowest BCUT2D eigenvalue weighted by atomic mass is 10.2. The van der Waals surface area contributed by atoms with Crippen LogP contribution in [0.25, 0.3) is 5.65 Å². The normalized spacial score (nSPS) is 19.6. The van der Waals surface area contributed by atoms with Crippen LogP contribution in [0.3, 0.4) is 0 Å². The summed E-state index contributed by atoms with van der Waals surface area (Å²) in [4.78, 5) is 13.9. The molecule has 1 fully saturated rings. The molecule has 20 heavy (non-hydrogen) atoms. The number of methoxy groups -OCH3 is 1. The molecular weight excluding hydrogens is 256 g/mol. The minimum absolute atomic E-state index is 0.318. The SMILES string of the molecule is CCN1CCCC1c1nnc2cc(C(=O)OC)ccn12. The van der Waals surface area contributed by atoms with Gasteiger partial charge in [0, 0.05) is 6.20 Å². The minimum atomic E-state index is -0.354. The van der Waals surface area contributed by atoms with E-state index < -0.39 is 0 Å². The highest BCUT2D eigenvalue weighted by Crippen LogP contribution is 2.30. The topological polar surface area (TPSA) is 59.7 Å². The van der Waals surface area contributed by atoms with Crippen molar-refractivity contribution in [2.24, 2.45) is 0 Å². The summed E-state index contributed by atoms with van der Waals surface area (Å²) in [7, 11) is 1.37. The predicted molar refractivity (Wildman–Crippen MR) is 73.5 cm³/mol. The fraction of sp³-hybridized carbons (Fsp3) is 0.500. The van der Waals surface area contributed by atoms with Crippen LogP contribution >= 0.6 is 0 Å². The van der Waals surface area contributed by atoms with Gasteiger partial charge in [0.15, 0.2) is 11.5 Å². The molecule has 0 radical (unpaired) electrons. The summed E-state index contributed by atoms with van der Waals surface area (Å²) >= 11 is 0. The number of carbonyl (C=O) groups excluding carboxylic acids is 1. The molecule has 0 saturated carbocycles. The molecule has 0 aromatic carbocycles. The van der Waals surface area contributed by atoms with E-state index in [1.54, 1.807) is 12.1 Å². The van der Waals surface area contributed by atoms with Gasteiger partial charge < -0.3 is 4.74 Å². The van der Waals surface area contributed by atoms with Gasteiger partial charge in [-0.1, -0.05) is 6.92 Å². The molecule has 0 aliphatic carbocycles. The fourth-order valence-corrected chi connectivity index (χ4v) is 2.88. The summed E-state index contributed by atoms with van der Waals surface area (Å²) in [6.07, 6.45) is 4.14. The van der Waals surface area contributed by atoms with Gasteiger partial charge in [0.05, 0.1) is 18.7 Å². The molecule has 1 saturated heterocycles. The largest absolute Gasteiger partial charge is 0.465 e. The predicted octanol–water partition coefficient (Wildman–Crippen LogP) is 1.67. The second-order valence-electron chi connectivity index (χ2n) is 4.98. The van der Waals surface area contributed by atoms with Crippen LogP contribution in [0.4, 0.5) is 0 Å². The summed E-state index contributed by atoms with van der Waals surface area (Å²) in [6, 6.07) is 3.78. The van der Waals surface area contributed by atoms with Gasteiger partial charge in [-0.05, 0) is 38.1 Å². The van der Waals surface area contributed by atoms with Crippen molar-refractivity contribution in [3.8, 4) is 0 Å². The fourth-order valence-electron chi connectivity index (χ4n) is 2.88. The zero-order chi connectivity index (χ0) is 14.1. The molecule has 1 aliphatic heterocycles. The maximum absolute atomic E-state index is 11.5. The number of likely N-dealkylation sites (tertiary alicyclic amines) is 1. The molecule has 0 amide bonds. The molecule has 2 aromatic heterocycles. The molecule has 0 bridgehead atoms. The third-order valence-corrected chi connectivity index (χ3v) is 3.93. The van der Waals surface area contributed by atoms with Gasteiger partial charge in [0.1, 0.15) is 0 Å². The Kier molecular flexibility index (Phi) is 3.40. The van der Waals surface area contributed by atoms with E-state index in [2.05, 4.69) is 22.0 Å². The summed E-state index contributed by atoms with van der Waals surface area (Å²) in [6.45, 7) is 4.28. The monoisotopic (exact) mass is 274 g/mol. The van der Waals surface area contributed by atoms with E-state index in [1.165, 1.54) is 13.5 Å². The Labute approximate surface area is 117 Å². The second kappa shape index (κ2) is 5.20. The van der Waals surface area contributed by atoms with Crippen molar-refractivity contribution in [3.63, 3.8) is 0 Å². The number of aromatic nitrogens is 3. The van der Waals surface area contributed by atoms with Gasteiger partial charge in [0.25, 0.3) is 0 Å². The van der Waals surface area contributed by atoms with Gasteiger partial charge in [-0.15, -0.1) is 10.2 Å². The highest BCUT2D eigenvalue weighted by atomic mass is 16.5. The quantitative estimate of drug-likeness (QED) is 0.797. The highest BCUT2D eigenvalue weighted by molar-refractivity contribution is 5.90. The average molecular weight is 274 g/mol. The Bertz CT molecular complexity index is 637. The Hall–Kier alpha value is -1.95. The molecule has 1 unspecified atom stereocenters. The number of pyridine rings is 1. The number of esters is 1. The van der Waals surface area contributed by atoms with E-state index in [0.717, 1.165) is 25.3 Å². The molecule has 3 rings (SSSR count). The lowest BCUT2D eigenvalue weighted by Gasteiger charge is -2.20. The van der Waals surface area contributed by atoms with Crippen molar-refractivity contribution >= 4 is 11.6 Å². The summed E-state index contributed by atoms with van der Waals surface area (Å²) < 4.78 is 6.68. The molecule has 6 heteroatoms. The van der Waals surface area contributed by atoms with Crippen molar-refractivity contribution in [2.45, 2.75) is 25.8 Å². The van der Waals surface area contributed by atoms with Crippen LogP contribution in [0.15, 0.2) is 18.3 Å². The number of hydrogen-bond acceptors (Lipinski definition) is 5. The standard InChI is InChI=1S/C14H18N4O2/c1-3-17-7-4-5-11(17)13-16-15-12-9-10(14(19)20-2)6-8-18(12)13/h6,8-9,11H,3-5,7H2,1-2H3. The number of fused-ring (bicyclic) bond motifs is 1. The summed E-state index contributed by atoms with van der Waals surface area (Å²) in [5.74, 6) is 0.601. The van der Waals surface area contributed by atoms with Crippen LogP contribution in [-0.2, 0) is 4.74 Å². The Morgan fingerprint density at radius 2 is 2.35 bits per heavy atom. The molecule has 6 nitrogen and oxygen atoms in total. The van der Waals surface area contributed by atoms with E-state index in [-0.39, 0.29) is 5.97 Å². The van der Waals surface area contributed by atoms with Crippen LogP contribution in [0.1, 0.15) is 42.0 Å². The van der Waals surface area contributed by atoms with Crippen molar-refractivity contribution in [3.05, 3.63) is 29.7 Å². The number of carbonyl (C=O) groups is 1. The van der Waals surface area contributed by atoms with Crippen molar-refractivity contribution in [1.82, 2.24) is 19.5 Å². The average Bonchev–Trinajstić information content (AvgIpc) is 3.11. The maximum Gasteiger partial charge on any atom is 0.338 e. The van der Waals surface area contributed by atoms with Gasteiger partial charge in [0.2, 0.25) is 0 Å². The lowest BCUT2D eigenvalue weighted by Crippen LogP contribution is -2.24. The second-order valence-corrected chi connectivity index (χ2v) is 4.98. The highest BCUT2D eigenvalue weighted by Gasteiger charge is 2.28. The Balaban J connectivity index is 2.00. The van der Waals surface area contributed by atoms with E-state index >= 15 is 0 Å². The van der Waals surface area contributed by atoms with E-state index in [9.17, 15) is 4.79 Å². The van der Waals surface area contributed by atoms with Gasteiger partial charge in [-0.2, -0.15) is 0 Å². The first-order valence-electron chi connectivity index (χ1n) is 6.91.